The van der Waals surface area contributed by atoms with E-state index in [0.717, 1.165) is 46.6 Å². The van der Waals surface area contributed by atoms with E-state index in [1.54, 1.807) is 0 Å². The van der Waals surface area contributed by atoms with Crippen molar-refractivity contribution >= 4 is 28.3 Å². The summed E-state index contributed by atoms with van der Waals surface area (Å²) in [4.78, 5) is 19.7. The van der Waals surface area contributed by atoms with Gasteiger partial charge >= 0.3 is 0 Å². The van der Waals surface area contributed by atoms with Crippen molar-refractivity contribution < 1.29 is 9.53 Å². The van der Waals surface area contributed by atoms with Crippen LogP contribution in [0.1, 0.15) is 36.8 Å². The molecule has 0 spiro atoms. The zero-order chi connectivity index (χ0) is 20.9. The maximum Gasteiger partial charge on any atom is 0.262 e. The number of hydrogen-bond donors (Lipinski definition) is 1. The van der Waals surface area contributed by atoms with Gasteiger partial charge < -0.3 is 15.0 Å². The summed E-state index contributed by atoms with van der Waals surface area (Å²) in [5, 5.41) is 3.93. The normalized spacial score (nSPS) is 14.4. The highest BCUT2D eigenvalue weighted by Gasteiger charge is 2.14. The number of anilines is 2. The molecule has 0 aliphatic carbocycles. The molecule has 0 atom stereocenters. The maximum atomic E-state index is 12.4. The molecule has 0 bridgehead atoms. The van der Waals surface area contributed by atoms with Gasteiger partial charge in [-0.05, 0) is 68.1 Å². The molecule has 156 valence electrons. The molecule has 1 aliphatic rings. The molecule has 2 aromatic carbocycles. The molecule has 1 saturated heterocycles. The molecule has 1 aromatic heterocycles. The first-order chi connectivity index (χ1) is 14.6. The third-order valence-electron chi connectivity index (χ3n) is 5.46. The van der Waals surface area contributed by atoms with Crippen LogP contribution in [0.3, 0.4) is 0 Å². The summed E-state index contributed by atoms with van der Waals surface area (Å²) in [5.74, 6) is 1.44. The van der Waals surface area contributed by atoms with Gasteiger partial charge in [0.15, 0.2) is 6.61 Å². The Hall–Kier alpha value is -3.08. The van der Waals surface area contributed by atoms with Gasteiger partial charge in [-0.2, -0.15) is 0 Å². The average molecular weight is 404 g/mol. The zero-order valence-corrected chi connectivity index (χ0v) is 17.8. The molecule has 0 saturated carbocycles. The van der Waals surface area contributed by atoms with Gasteiger partial charge in [0.1, 0.15) is 17.1 Å². The van der Waals surface area contributed by atoms with Gasteiger partial charge in [-0.25, -0.2) is 4.98 Å². The number of para-hydroxylation sites is 1. The molecule has 30 heavy (non-hydrogen) atoms. The van der Waals surface area contributed by atoms with Crippen molar-refractivity contribution in [3.63, 3.8) is 0 Å². The van der Waals surface area contributed by atoms with Crippen molar-refractivity contribution in [2.45, 2.75) is 39.5 Å². The standard InChI is InChI=1S/C25H29N3O2/c1-18-14-19(2)16-21(15-18)26-24(29)17-30-22-9-7-8-20-10-11-23(27-25(20)22)28-12-5-3-4-6-13-28/h7-11,14-16H,3-6,12-13,17H2,1-2H3,(H,26,29). The van der Waals surface area contributed by atoms with E-state index >= 15 is 0 Å². The molecular weight excluding hydrogens is 374 g/mol. The molecule has 4 rings (SSSR count). The predicted octanol–water partition coefficient (Wildman–Crippen LogP) is 5.25. The number of nitrogens with zero attached hydrogens (tertiary/aromatic N) is 2. The third-order valence-corrected chi connectivity index (χ3v) is 5.46. The van der Waals surface area contributed by atoms with Crippen molar-refractivity contribution in [3.05, 3.63) is 59.7 Å². The Balaban J connectivity index is 1.49. The lowest BCUT2D eigenvalue weighted by Crippen LogP contribution is -2.24. The number of nitrogens with one attached hydrogen (secondary N) is 1. The highest BCUT2D eigenvalue weighted by atomic mass is 16.5. The second-order valence-corrected chi connectivity index (χ2v) is 8.11. The summed E-state index contributed by atoms with van der Waals surface area (Å²) in [6.45, 7) is 6.06. The van der Waals surface area contributed by atoms with E-state index in [1.165, 1.54) is 25.7 Å². The van der Waals surface area contributed by atoms with Crippen LogP contribution in [-0.4, -0.2) is 30.6 Å². The van der Waals surface area contributed by atoms with Crippen LogP contribution in [0.25, 0.3) is 10.9 Å². The number of benzene rings is 2. The fourth-order valence-corrected chi connectivity index (χ4v) is 4.09. The van der Waals surface area contributed by atoms with Crippen molar-refractivity contribution in [1.82, 2.24) is 4.98 Å². The number of hydrogen-bond acceptors (Lipinski definition) is 4. The minimum Gasteiger partial charge on any atom is -0.481 e. The van der Waals surface area contributed by atoms with Gasteiger partial charge in [0.2, 0.25) is 0 Å². The Kier molecular flexibility index (Phi) is 6.17. The molecule has 5 nitrogen and oxygen atoms in total. The van der Waals surface area contributed by atoms with E-state index in [0.29, 0.717) is 5.75 Å². The topological polar surface area (TPSA) is 54.5 Å². The number of carbonyl (C=O) groups excluding carboxylic acids is 1. The van der Waals surface area contributed by atoms with Gasteiger partial charge in [0.05, 0.1) is 0 Å². The molecule has 5 heteroatoms. The second-order valence-electron chi connectivity index (χ2n) is 8.11. The summed E-state index contributed by atoms with van der Waals surface area (Å²) >= 11 is 0. The number of carbonyl (C=O) groups is 1. The minimum absolute atomic E-state index is 0.0538. The third kappa shape index (κ3) is 4.90. The zero-order valence-electron chi connectivity index (χ0n) is 17.8. The van der Waals surface area contributed by atoms with E-state index in [-0.39, 0.29) is 12.5 Å². The molecule has 2 heterocycles. The molecule has 0 unspecified atom stereocenters. The van der Waals surface area contributed by atoms with Gasteiger partial charge in [-0.3, -0.25) is 4.79 Å². The summed E-state index contributed by atoms with van der Waals surface area (Å²) in [6, 6.07) is 16.0. The largest absolute Gasteiger partial charge is 0.481 e. The second kappa shape index (κ2) is 9.16. The summed E-state index contributed by atoms with van der Waals surface area (Å²) in [6.07, 6.45) is 4.98. The summed E-state index contributed by atoms with van der Waals surface area (Å²) < 4.78 is 5.89. The van der Waals surface area contributed by atoms with E-state index in [9.17, 15) is 4.79 Å². The molecule has 1 N–H and O–H groups in total. The Morgan fingerprint density at radius 3 is 2.47 bits per heavy atom. The van der Waals surface area contributed by atoms with E-state index in [4.69, 9.17) is 9.72 Å². The quantitative estimate of drug-likeness (QED) is 0.632. The first-order valence-corrected chi connectivity index (χ1v) is 10.7. The predicted molar refractivity (Wildman–Crippen MR) is 122 cm³/mol. The number of aryl methyl sites for hydroxylation is 2. The number of pyridine rings is 1. The Morgan fingerprint density at radius 2 is 1.73 bits per heavy atom. The Bertz CT molecular complexity index is 1020. The summed E-state index contributed by atoms with van der Waals surface area (Å²) in [5.41, 5.74) is 3.83. The van der Waals surface area contributed by atoms with E-state index in [2.05, 4.69) is 28.4 Å². The first-order valence-electron chi connectivity index (χ1n) is 10.7. The lowest BCUT2D eigenvalue weighted by molar-refractivity contribution is -0.118. The van der Waals surface area contributed by atoms with Gasteiger partial charge in [0.25, 0.3) is 5.91 Å². The fourth-order valence-electron chi connectivity index (χ4n) is 4.09. The first kappa shape index (κ1) is 20.2. The molecular formula is C25H29N3O2. The number of fused-ring (bicyclic) bond motifs is 1. The van der Waals surface area contributed by atoms with Crippen LogP contribution in [0.5, 0.6) is 5.75 Å². The van der Waals surface area contributed by atoms with Crippen molar-refractivity contribution in [2.24, 2.45) is 0 Å². The minimum atomic E-state index is -0.180. The number of rotatable bonds is 5. The molecule has 3 aromatic rings. The molecule has 1 fully saturated rings. The van der Waals surface area contributed by atoms with Crippen LogP contribution in [0.15, 0.2) is 48.5 Å². The number of aromatic nitrogens is 1. The average Bonchev–Trinajstić information content (AvgIpc) is 3.00. The van der Waals surface area contributed by atoms with E-state index in [1.807, 2.05) is 44.2 Å². The highest BCUT2D eigenvalue weighted by Crippen LogP contribution is 2.27. The van der Waals surface area contributed by atoms with Gasteiger partial charge in [-0.1, -0.05) is 31.0 Å². The number of amides is 1. The highest BCUT2D eigenvalue weighted by molar-refractivity contribution is 5.92. The van der Waals surface area contributed by atoms with E-state index < -0.39 is 0 Å². The monoisotopic (exact) mass is 403 g/mol. The van der Waals surface area contributed by atoms with Crippen LogP contribution in [0.2, 0.25) is 0 Å². The fraction of sp³-hybridized carbons (Fsp3) is 0.360. The van der Waals surface area contributed by atoms with Gasteiger partial charge in [0, 0.05) is 24.2 Å². The lowest BCUT2D eigenvalue weighted by Gasteiger charge is -2.22. The van der Waals surface area contributed by atoms with Crippen LogP contribution in [0.4, 0.5) is 11.5 Å². The SMILES string of the molecule is Cc1cc(C)cc(NC(=O)COc2cccc3ccc(N4CCCCCC4)nc23)c1. The van der Waals surface area contributed by atoms with Crippen LogP contribution < -0.4 is 15.0 Å². The Labute approximate surface area is 178 Å². The lowest BCUT2D eigenvalue weighted by atomic mass is 10.1. The number of ether oxygens (including phenoxy) is 1. The maximum absolute atomic E-state index is 12.4. The molecule has 0 radical (unpaired) electrons. The van der Waals surface area contributed by atoms with Crippen molar-refractivity contribution in [3.8, 4) is 5.75 Å². The van der Waals surface area contributed by atoms with Gasteiger partial charge in [-0.15, -0.1) is 0 Å². The molecule has 1 amide bonds. The van der Waals surface area contributed by atoms with Crippen LogP contribution in [-0.2, 0) is 4.79 Å². The Morgan fingerprint density at radius 1 is 1.00 bits per heavy atom. The van der Waals surface area contributed by atoms with Crippen LogP contribution >= 0.6 is 0 Å². The molecule has 1 aliphatic heterocycles. The smallest absolute Gasteiger partial charge is 0.262 e. The summed E-state index contributed by atoms with van der Waals surface area (Å²) in [7, 11) is 0. The van der Waals surface area contributed by atoms with Crippen molar-refractivity contribution in [2.75, 3.05) is 29.9 Å². The van der Waals surface area contributed by atoms with Crippen LogP contribution in [0, 0.1) is 13.8 Å². The van der Waals surface area contributed by atoms with Crippen molar-refractivity contribution in [1.29, 1.82) is 0 Å².